The fourth-order valence-electron chi connectivity index (χ4n) is 2.17. The summed E-state index contributed by atoms with van der Waals surface area (Å²) in [6.45, 7) is 4.69. The molecule has 1 unspecified atom stereocenters. The first-order valence-electron chi connectivity index (χ1n) is 6.15. The number of imidazole rings is 1. The maximum atomic E-state index is 6.25. The average Bonchev–Trinajstić information content (AvgIpc) is 2.95. The Morgan fingerprint density at radius 3 is 2.79 bits per heavy atom. The zero-order chi connectivity index (χ0) is 13.4. The van der Waals surface area contributed by atoms with E-state index in [2.05, 4.69) is 26.0 Å². The molecule has 2 aromatic heterocycles. The van der Waals surface area contributed by atoms with Crippen LogP contribution >= 0.6 is 22.9 Å². The van der Waals surface area contributed by atoms with Crippen LogP contribution < -0.4 is 0 Å². The number of benzene rings is 1. The van der Waals surface area contributed by atoms with Crippen molar-refractivity contribution in [2.24, 2.45) is 0 Å². The molecule has 3 aromatic rings. The molecule has 0 aliphatic carbocycles. The summed E-state index contributed by atoms with van der Waals surface area (Å²) in [6.07, 6.45) is 0. The number of para-hydroxylation sites is 2. The summed E-state index contributed by atoms with van der Waals surface area (Å²) in [5.74, 6) is 0.899. The normalized spacial score (nSPS) is 13.0. The minimum Gasteiger partial charge on any atom is -0.320 e. The van der Waals surface area contributed by atoms with Crippen LogP contribution in [0.3, 0.4) is 0 Å². The summed E-state index contributed by atoms with van der Waals surface area (Å²) < 4.78 is 2.16. The molecule has 0 N–H and O–H groups in total. The Morgan fingerprint density at radius 1 is 1.32 bits per heavy atom. The van der Waals surface area contributed by atoms with Crippen molar-refractivity contribution in [2.45, 2.75) is 25.8 Å². The Bertz CT molecular complexity index is 714. The van der Waals surface area contributed by atoms with Gasteiger partial charge in [-0.3, -0.25) is 0 Å². The van der Waals surface area contributed by atoms with Crippen molar-refractivity contribution in [3.05, 3.63) is 46.2 Å². The molecule has 0 bridgehead atoms. The van der Waals surface area contributed by atoms with Crippen LogP contribution in [0.2, 0.25) is 0 Å². The number of halogens is 1. The number of hydrogen-bond acceptors (Lipinski definition) is 3. The quantitative estimate of drug-likeness (QED) is 0.679. The lowest BCUT2D eigenvalue weighted by molar-refractivity contribution is 0.737. The zero-order valence-corrected chi connectivity index (χ0v) is 12.4. The van der Waals surface area contributed by atoms with Gasteiger partial charge in [0.25, 0.3) is 0 Å². The number of aryl methyl sites for hydroxylation is 1. The topological polar surface area (TPSA) is 30.7 Å². The van der Waals surface area contributed by atoms with Crippen LogP contribution in [0.15, 0.2) is 29.6 Å². The van der Waals surface area contributed by atoms with Gasteiger partial charge in [-0.1, -0.05) is 12.1 Å². The molecule has 0 fully saturated rings. The molecule has 0 spiro atoms. The van der Waals surface area contributed by atoms with Gasteiger partial charge in [-0.25, -0.2) is 9.97 Å². The van der Waals surface area contributed by atoms with Gasteiger partial charge in [0.1, 0.15) is 10.8 Å². The number of alkyl halides is 1. The van der Waals surface area contributed by atoms with E-state index in [-0.39, 0.29) is 5.38 Å². The molecule has 0 aliphatic rings. The van der Waals surface area contributed by atoms with E-state index in [1.165, 1.54) is 0 Å². The maximum Gasteiger partial charge on any atom is 0.128 e. The van der Waals surface area contributed by atoms with E-state index in [0.29, 0.717) is 0 Å². The van der Waals surface area contributed by atoms with Crippen molar-refractivity contribution in [2.75, 3.05) is 0 Å². The molecule has 0 radical (unpaired) electrons. The first kappa shape index (κ1) is 12.6. The molecule has 3 rings (SSSR count). The van der Waals surface area contributed by atoms with E-state index < -0.39 is 0 Å². The van der Waals surface area contributed by atoms with Crippen LogP contribution in [-0.2, 0) is 6.54 Å². The molecule has 19 heavy (non-hydrogen) atoms. The van der Waals surface area contributed by atoms with E-state index in [4.69, 9.17) is 11.6 Å². The predicted molar refractivity (Wildman–Crippen MR) is 80.0 cm³/mol. The number of nitrogens with zero attached hydrogens (tertiary/aromatic N) is 3. The van der Waals surface area contributed by atoms with Crippen LogP contribution in [0, 0.1) is 6.92 Å². The van der Waals surface area contributed by atoms with Gasteiger partial charge in [-0.05, 0) is 26.0 Å². The molecule has 2 heterocycles. The number of thiazole rings is 1. The molecule has 1 aromatic carbocycles. The van der Waals surface area contributed by atoms with Gasteiger partial charge in [0, 0.05) is 11.1 Å². The van der Waals surface area contributed by atoms with Crippen molar-refractivity contribution in [3.8, 4) is 0 Å². The lowest BCUT2D eigenvalue weighted by atomic mass is 10.3. The highest BCUT2D eigenvalue weighted by Crippen LogP contribution is 2.26. The summed E-state index contributed by atoms with van der Waals surface area (Å²) in [6, 6.07) is 8.11. The summed E-state index contributed by atoms with van der Waals surface area (Å²) >= 11 is 7.92. The van der Waals surface area contributed by atoms with Crippen LogP contribution in [0.4, 0.5) is 0 Å². The molecule has 0 saturated carbocycles. The van der Waals surface area contributed by atoms with Crippen molar-refractivity contribution < 1.29 is 0 Å². The Morgan fingerprint density at radius 2 is 2.11 bits per heavy atom. The smallest absolute Gasteiger partial charge is 0.128 e. The molecular formula is C14H14ClN3S. The number of hydrogen-bond donors (Lipinski definition) is 0. The summed E-state index contributed by atoms with van der Waals surface area (Å²) in [5, 5.41) is 3.03. The number of aromatic nitrogens is 3. The molecule has 3 nitrogen and oxygen atoms in total. The Hall–Kier alpha value is -1.39. The first-order chi connectivity index (χ1) is 9.15. The van der Waals surface area contributed by atoms with E-state index in [0.717, 1.165) is 34.1 Å². The minimum atomic E-state index is -0.117. The van der Waals surface area contributed by atoms with Gasteiger partial charge in [0.2, 0.25) is 0 Å². The maximum absolute atomic E-state index is 6.25. The van der Waals surface area contributed by atoms with Gasteiger partial charge >= 0.3 is 0 Å². The Labute approximate surface area is 120 Å². The third kappa shape index (κ3) is 2.38. The Kier molecular flexibility index (Phi) is 3.29. The van der Waals surface area contributed by atoms with Gasteiger partial charge < -0.3 is 4.57 Å². The Balaban J connectivity index is 2.12. The van der Waals surface area contributed by atoms with E-state index in [9.17, 15) is 0 Å². The molecular weight excluding hydrogens is 278 g/mol. The fourth-order valence-corrected chi connectivity index (χ4v) is 3.10. The van der Waals surface area contributed by atoms with Crippen molar-refractivity contribution in [1.82, 2.24) is 14.5 Å². The molecule has 0 amide bonds. The summed E-state index contributed by atoms with van der Waals surface area (Å²) in [5.41, 5.74) is 3.15. The highest BCUT2D eigenvalue weighted by Gasteiger charge is 2.15. The van der Waals surface area contributed by atoms with E-state index in [1.807, 2.05) is 32.0 Å². The standard InChI is InChI=1S/C14H14ClN3S/c1-9-8-19-13(16-9)7-18-12-6-4-3-5-11(12)17-14(18)10(2)15/h3-6,8,10H,7H2,1-2H3. The lowest BCUT2D eigenvalue weighted by Gasteiger charge is -2.08. The summed E-state index contributed by atoms with van der Waals surface area (Å²) in [7, 11) is 0. The molecule has 5 heteroatoms. The minimum absolute atomic E-state index is 0.117. The second-order valence-corrected chi connectivity index (χ2v) is 6.14. The molecule has 98 valence electrons. The lowest BCUT2D eigenvalue weighted by Crippen LogP contribution is -2.05. The third-order valence-corrected chi connectivity index (χ3v) is 4.15. The van der Waals surface area contributed by atoms with Crippen LogP contribution in [0.1, 0.15) is 28.8 Å². The average molecular weight is 292 g/mol. The van der Waals surface area contributed by atoms with Crippen molar-refractivity contribution in [3.63, 3.8) is 0 Å². The van der Waals surface area contributed by atoms with Crippen LogP contribution in [0.25, 0.3) is 11.0 Å². The van der Waals surface area contributed by atoms with Gasteiger partial charge in [0.15, 0.2) is 0 Å². The molecule has 0 saturated heterocycles. The van der Waals surface area contributed by atoms with Gasteiger partial charge in [-0.15, -0.1) is 22.9 Å². The fraction of sp³-hybridized carbons (Fsp3) is 0.286. The van der Waals surface area contributed by atoms with Crippen molar-refractivity contribution in [1.29, 1.82) is 0 Å². The third-order valence-electron chi connectivity index (χ3n) is 3.00. The van der Waals surface area contributed by atoms with Gasteiger partial charge in [0.05, 0.1) is 23.0 Å². The zero-order valence-electron chi connectivity index (χ0n) is 10.8. The van der Waals surface area contributed by atoms with Gasteiger partial charge in [-0.2, -0.15) is 0 Å². The van der Waals surface area contributed by atoms with E-state index >= 15 is 0 Å². The van der Waals surface area contributed by atoms with E-state index in [1.54, 1.807) is 11.3 Å². The van der Waals surface area contributed by atoms with Crippen LogP contribution in [-0.4, -0.2) is 14.5 Å². The monoisotopic (exact) mass is 291 g/mol. The molecule has 1 atom stereocenters. The number of rotatable bonds is 3. The molecule has 0 aliphatic heterocycles. The first-order valence-corrected chi connectivity index (χ1v) is 7.47. The largest absolute Gasteiger partial charge is 0.320 e. The number of fused-ring (bicyclic) bond motifs is 1. The second kappa shape index (κ2) is 4.94. The summed E-state index contributed by atoms with van der Waals surface area (Å²) in [4.78, 5) is 9.14. The second-order valence-electron chi connectivity index (χ2n) is 4.54. The predicted octanol–water partition coefficient (Wildman–Crippen LogP) is 4.15. The van der Waals surface area contributed by atoms with Crippen molar-refractivity contribution >= 4 is 34.0 Å². The van der Waals surface area contributed by atoms with Crippen LogP contribution in [0.5, 0.6) is 0 Å². The SMILES string of the molecule is Cc1csc(Cn2c(C(C)Cl)nc3ccccc32)n1. The highest BCUT2D eigenvalue weighted by molar-refractivity contribution is 7.09. The highest BCUT2D eigenvalue weighted by atomic mass is 35.5.